The van der Waals surface area contributed by atoms with Crippen LogP contribution in [0.1, 0.15) is 69.2 Å². The van der Waals surface area contributed by atoms with Crippen molar-refractivity contribution < 1.29 is 28.9 Å². The van der Waals surface area contributed by atoms with Crippen LogP contribution < -0.4 is 19.1 Å². The maximum absolute atomic E-state index is 13.9. The van der Waals surface area contributed by atoms with Gasteiger partial charge in [0.1, 0.15) is 11.5 Å². The number of aromatic nitrogens is 2. The Labute approximate surface area is 306 Å². The Morgan fingerprint density at radius 1 is 0.843 bits per heavy atom. The fourth-order valence-corrected chi connectivity index (χ4v) is 7.83. The molecule has 1 atom stereocenters. The SMILES string of the molecule is CCCCCOc1ccc(C2/C(=C(\O)c3ccc(OCCC)cc3)C(=O)C(=O)N2c2nnc(SCc3cccc4ccccc34)s2)cc1OCC. The average molecular weight is 724 g/mol. The minimum Gasteiger partial charge on any atom is -0.507 e. The molecular weight excluding hydrogens is 683 g/mol. The molecular formula is C40H41N3O6S2. The summed E-state index contributed by atoms with van der Waals surface area (Å²) < 4.78 is 18.4. The first-order valence-corrected chi connectivity index (χ1v) is 19.1. The first kappa shape index (κ1) is 35.9. The zero-order chi connectivity index (χ0) is 35.7. The third-order valence-electron chi connectivity index (χ3n) is 8.47. The van der Waals surface area contributed by atoms with Gasteiger partial charge in [0.25, 0.3) is 5.78 Å². The number of carbonyl (C=O) groups is 2. The molecule has 1 amide bonds. The lowest BCUT2D eigenvalue weighted by Crippen LogP contribution is -2.29. The fraction of sp³-hybridized carbons (Fsp3) is 0.300. The molecule has 0 aliphatic carbocycles. The van der Waals surface area contributed by atoms with E-state index in [0.29, 0.717) is 58.3 Å². The van der Waals surface area contributed by atoms with Crippen LogP contribution in [0.3, 0.4) is 0 Å². The van der Waals surface area contributed by atoms with Gasteiger partial charge in [0.2, 0.25) is 5.13 Å². The summed E-state index contributed by atoms with van der Waals surface area (Å²) in [6, 6.07) is 25.6. The number of aliphatic hydroxyl groups excluding tert-OH is 1. The number of carbonyl (C=O) groups excluding carboxylic acids is 2. The van der Waals surface area contributed by atoms with Gasteiger partial charge >= 0.3 is 5.91 Å². The van der Waals surface area contributed by atoms with E-state index in [9.17, 15) is 14.7 Å². The van der Waals surface area contributed by atoms with E-state index < -0.39 is 17.7 Å². The van der Waals surface area contributed by atoms with Crippen molar-refractivity contribution in [3.63, 3.8) is 0 Å². The summed E-state index contributed by atoms with van der Waals surface area (Å²) in [5, 5.41) is 23.1. The summed E-state index contributed by atoms with van der Waals surface area (Å²) in [5.41, 5.74) is 2.04. The fourth-order valence-electron chi connectivity index (χ4n) is 5.96. The Morgan fingerprint density at radius 2 is 1.65 bits per heavy atom. The van der Waals surface area contributed by atoms with Crippen LogP contribution >= 0.6 is 23.1 Å². The number of thioether (sulfide) groups is 1. The third-order valence-corrected chi connectivity index (χ3v) is 10.6. The first-order chi connectivity index (χ1) is 24.9. The van der Waals surface area contributed by atoms with Crippen molar-refractivity contribution in [2.45, 2.75) is 62.6 Å². The van der Waals surface area contributed by atoms with Crippen LogP contribution in [0.15, 0.2) is 94.8 Å². The molecule has 1 N–H and O–H groups in total. The lowest BCUT2D eigenvalue weighted by molar-refractivity contribution is -0.132. The van der Waals surface area contributed by atoms with Gasteiger partial charge in [-0.1, -0.05) is 98.3 Å². The molecule has 4 aromatic carbocycles. The maximum Gasteiger partial charge on any atom is 0.301 e. The molecule has 1 saturated heterocycles. The highest BCUT2D eigenvalue weighted by molar-refractivity contribution is 8.00. The van der Waals surface area contributed by atoms with E-state index in [1.54, 1.807) is 42.5 Å². The normalized spacial score (nSPS) is 15.4. The van der Waals surface area contributed by atoms with Crippen molar-refractivity contribution >= 4 is 56.5 Å². The van der Waals surface area contributed by atoms with Gasteiger partial charge < -0.3 is 19.3 Å². The highest BCUT2D eigenvalue weighted by atomic mass is 32.2. The zero-order valence-electron chi connectivity index (χ0n) is 29.0. The average Bonchev–Trinajstić information content (AvgIpc) is 3.73. The molecule has 9 nitrogen and oxygen atoms in total. The van der Waals surface area contributed by atoms with Crippen LogP contribution in [0.5, 0.6) is 17.2 Å². The maximum atomic E-state index is 13.9. The minimum absolute atomic E-state index is 0.0542. The van der Waals surface area contributed by atoms with E-state index >= 15 is 0 Å². The molecule has 11 heteroatoms. The molecule has 51 heavy (non-hydrogen) atoms. The van der Waals surface area contributed by atoms with Gasteiger partial charge in [-0.2, -0.15) is 0 Å². The van der Waals surface area contributed by atoms with Crippen LogP contribution in [0.4, 0.5) is 5.13 Å². The van der Waals surface area contributed by atoms with Crippen LogP contribution in [0.25, 0.3) is 16.5 Å². The molecule has 2 heterocycles. The van der Waals surface area contributed by atoms with Crippen molar-refractivity contribution in [2.75, 3.05) is 24.7 Å². The summed E-state index contributed by atoms with van der Waals surface area (Å²) in [6.07, 6.45) is 3.88. The number of hydrogen-bond donors (Lipinski definition) is 1. The number of fused-ring (bicyclic) bond motifs is 1. The molecule has 1 aliphatic heterocycles. The van der Waals surface area contributed by atoms with Crippen LogP contribution in [-0.2, 0) is 15.3 Å². The predicted octanol–water partition coefficient (Wildman–Crippen LogP) is 9.37. The number of benzene rings is 4. The molecule has 0 spiro atoms. The molecule has 264 valence electrons. The van der Waals surface area contributed by atoms with Gasteiger partial charge in [0.15, 0.2) is 15.8 Å². The number of rotatable bonds is 16. The van der Waals surface area contributed by atoms with Gasteiger partial charge in [-0.25, -0.2) is 0 Å². The molecule has 0 radical (unpaired) electrons. The van der Waals surface area contributed by atoms with Crippen molar-refractivity contribution in [1.82, 2.24) is 10.2 Å². The van der Waals surface area contributed by atoms with Crippen LogP contribution in [0, 0.1) is 0 Å². The van der Waals surface area contributed by atoms with Crippen LogP contribution in [-0.4, -0.2) is 46.8 Å². The molecule has 0 bridgehead atoms. The summed E-state index contributed by atoms with van der Waals surface area (Å²) in [4.78, 5) is 29.1. The van der Waals surface area contributed by atoms with Gasteiger partial charge in [0.05, 0.1) is 31.4 Å². The second kappa shape index (κ2) is 16.9. The number of hydrogen-bond acceptors (Lipinski definition) is 10. The Hall–Kier alpha value is -4.87. The summed E-state index contributed by atoms with van der Waals surface area (Å²) in [6.45, 7) is 7.51. The Morgan fingerprint density at radius 3 is 2.43 bits per heavy atom. The minimum atomic E-state index is -1.00. The van der Waals surface area contributed by atoms with E-state index in [-0.39, 0.29) is 16.5 Å². The van der Waals surface area contributed by atoms with Gasteiger partial charge in [-0.3, -0.25) is 14.5 Å². The van der Waals surface area contributed by atoms with E-state index in [4.69, 9.17) is 14.2 Å². The van der Waals surface area contributed by atoms with Gasteiger partial charge in [0, 0.05) is 11.3 Å². The second-order valence-electron chi connectivity index (χ2n) is 12.0. The quantitative estimate of drug-likeness (QED) is 0.0266. The van der Waals surface area contributed by atoms with E-state index in [2.05, 4.69) is 41.4 Å². The third kappa shape index (κ3) is 8.05. The topological polar surface area (TPSA) is 111 Å². The molecule has 1 unspecified atom stereocenters. The Kier molecular flexibility index (Phi) is 11.9. The Balaban J connectivity index is 1.37. The molecule has 1 fully saturated rings. The highest BCUT2D eigenvalue weighted by Crippen LogP contribution is 2.46. The summed E-state index contributed by atoms with van der Waals surface area (Å²) >= 11 is 2.74. The number of aliphatic hydroxyl groups is 1. The number of anilines is 1. The van der Waals surface area contributed by atoms with Crippen LogP contribution in [0.2, 0.25) is 0 Å². The molecule has 6 rings (SSSR count). The van der Waals surface area contributed by atoms with Crippen molar-refractivity contribution in [2.24, 2.45) is 0 Å². The van der Waals surface area contributed by atoms with E-state index in [1.807, 2.05) is 32.0 Å². The Bertz CT molecular complexity index is 2020. The van der Waals surface area contributed by atoms with Crippen molar-refractivity contribution in [3.8, 4) is 17.2 Å². The summed E-state index contributed by atoms with van der Waals surface area (Å²) in [5.74, 6) is 0.427. The smallest absolute Gasteiger partial charge is 0.301 e. The molecule has 5 aromatic rings. The van der Waals surface area contributed by atoms with Crippen molar-refractivity contribution in [1.29, 1.82) is 0 Å². The number of ketones is 1. The monoisotopic (exact) mass is 723 g/mol. The van der Waals surface area contributed by atoms with E-state index in [0.717, 1.165) is 42.0 Å². The molecule has 0 saturated carbocycles. The lowest BCUT2D eigenvalue weighted by atomic mass is 9.95. The number of ether oxygens (including phenoxy) is 3. The number of nitrogens with zero attached hydrogens (tertiary/aromatic N) is 3. The largest absolute Gasteiger partial charge is 0.507 e. The second-order valence-corrected chi connectivity index (χ2v) is 14.2. The zero-order valence-corrected chi connectivity index (χ0v) is 30.6. The highest BCUT2D eigenvalue weighted by Gasteiger charge is 2.48. The number of amides is 1. The predicted molar refractivity (Wildman–Crippen MR) is 203 cm³/mol. The number of Topliss-reactive ketones (excluding diaryl/α,β-unsaturated/α-hetero) is 1. The summed E-state index contributed by atoms with van der Waals surface area (Å²) in [7, 11) is 0. The lowest BCUT2D eigenvalue weighted by Gasteiger charge is -2.23. The number of unbranched alkanes of at least 4 members (excludes halogenated alkanes) is 2. The van der Waals surface area contributed by atoms with Gasteiger partial charge in [-0.15, -0.1) is 10.2 Å². The molecule has 1 aliphatic rings. The van der Waals surface area contributed by atoms with Crippen molar-refractivity contribution in [3.05, 3.63) is 107 Å². The standard InChI is InChI=1S/C40H41N3O6S2/c1-4-7-10-23-49-32-21-18-28(24-33(32)47-6-3)35-34(36(44)27-16-19-30(20-17-27)48-22-5-2)37(45)38(46)43(35)39-41-42-40(51-39)50-25-29-14-11-13-26-12-8-9-15-31(26)29/h8-9,11-21,24,35,44H,4-7,10,22-23,25H2,1-3H3/b36-34+. The van der Waals surface area contributed by atoms with Gasteiger partial charge in [-0.05, 0) is 78.1 Å². The molecule has 1 aromatic heterocycles. The first-order valence-electron chi connectivity index (χ1n) is 17.3. The van der Waals surface area contributed by atoms with E-state index in [1.165, 1.54) is 28.0 Å².